The van der Waals surface area contributed by atoms with Crippen molar-refractivity contribution in [3.8, 4) is 0 Å². The third-order valence-electron chi connectivity index (χ3n) is 4.37. The smallest absolute Gasteiger partial charge is 0.261 e. The highest BCUT2D eigenvalue weighted by Crippen LogP contribution is 2.41. The van der Waals surface area contributed by atoms with Gasteiger partial charge in [-0.3, -0.25) is 4.79 Å². The standard InChI is InChI=1S/C14H19NO2S2/c1-14(2)11(6-12(14)16)15-13(17)10-5-8-7-18-4-3-9(8)19-10/h5,11-12,16H,3-4,6-7H2,1-2H3,(H,15,17). The molecule has 2 unspecified atom stereocenters. The quantitative estimate of drug-likeness (QED) is 0.881. The summed E-state index contributed by atoms with van der Waals surface area (Å²) in [5.41, 5.74) is 1.13. The van der Waals surface area contributed by atoms with Gasteiger partial charge in [0.1, 0.15) is 0 Å². The molecule has 1 fully saturated rings. The molecule has 0 spiro atoms. The van der Waals surface area contributed by atoms with E-state index in [2.05, 4.69) is 5.32 Å². The first-order chi connectivity index (χ1) is 8.98. The van der Waals surface area contributed by atoms with Gasteiger partial charge in [0.15, 0.2) is 0 Å². The molecule has 1 aromatic heterocycles. The van der Waals surface area contributed by atoms with Crippen LogP contribution in [-0.2, 0) is 12.2 Å². The number of aryl methyl sites for hydroxylation is 1. The highest BCUT2D eigenvalue weighted by atomic mass is 32.2. The van der Waals surface area contributed by atoms with Gasteiger partial charge in [-0.25, -0.2) is 0 Å². The maximum atomic E-state index is 12.3. The number of nitrogens with one attached hydrogen (secondary N) is 1. The lowest BCUT2D eigenvalue weighted by Crippen LogP contribution is -2.61. The van der Waals surface area contributed by atoms with E-state index < -0.39 is 0 Å². The second kappa shape index (κ2) is 4.79. The highest BCUT2D eigenvalue weighted by Gasteiger charge is 2.48. The molecule has 1 saturated carbocycles. The Morgan fingerprint density at radius 2 is 2.32 bits per heavy atom. The van der Waals surface area contributed by atoms with Crippen LogP contribution in [0.1, 0.15) is 40.4 Å². The molecule has 0 bridgehead atoms. The van der Waals surface area contributed by atoms with Crippen molar-refractivity contribution in [1.29, 1.82) is 0 Å². The number of fused-ring (bicyclic) bond motifs is 1. The van der Waals surface area contributed by atoms with Gasteiger partial charge >= 0.3 is 0 Å². The predicted octanol–water partition coefficient (Wildman–Crippen LogP) is 2.43. The normalized spacial score (nSPS) is 28.4. The molecule has 104 valence electrons. The Morgan fingerprint density at radius 3 is 2.95 bits per heavy atom. The lowest BCUT2D eigenvalue weighted by molar-refractivity contribution is -0.0689. The van der Waals surface area contributed by atoms with Gasteiger partial charge < -0.3 is 10.4 Å². The van der Waals surface area contributed by atoms with Crippen LogP contribution in [0.5, 0.6) is 0 Å². The van der Waals surface area contributed by atoms with Gasteiger partial charge in [0, 0.05) is 22.1 Å². The summed E-state index contributed by atoms with van der Waals surface area (Å²) < 4.78 is 0. The first-order valence-electron chi connectivity index (χ1n) is 6.66. The lowest BCUT2D eigenvalue weighted by atomic mass is 9.64. The van der Waals surface area contributed by atoms with Crippen molar-refractivity contribution >= 4 is 29.0 Å². The third-order valence-corrected chi connectivity index (χ3v) is 6.62. The zero-order valence-electron chi connectivity index (χ0n) is 11.2. The van der Waals surface area contributed by atoms with Crippen molar-refractivity contribution in [1.82, 2.24) is 5.32 Å². The molecular weight excluding hydrogens is 278 g/mol. The van der Waals surface area contributed by atoms with Crippen molar-refractivity contribution in [2.75, 3.05) is 5.75 Å². The first kappa shape index (κ1) is 13.5. The molecule has 5 heteroatoms. The second-order valence-electron chi connectivity index (χ2n) is 5.96. The van der Waals surface area contributed by atoms with Crippen molar-refractivity contribution in [2.45, 2.75) is 44.6 Å². The minimum Gasteiger partial charge on any atom is -0.392 e. The van der Waals surface area contributed by atoms with Crippen molar-refractivity contribution in [3.05, 3.63) is 21.4 Å². The molecule has 1 aromatic rings. The lowest BCUT2D eigenvalue weighted by Gasteiger charge is -2.49. The first-order valence-corrected chi connectivity index (χ1v) is 8.64. The van der Waals surface area contributed by atoms with Crippen LogP contribution in [-0.4, -0.2) is 28.9 Å². The van der Waals surface area contributed by atoms with Gasteiger partial charge in [0.2, 0.25) is 0 Å². The molecule has 0 radical (unpaired) electrons. The van der Waals surface area contributed by atoms with Crippen LogP contribution in [0, 0.1) is 5.41 Å². The molecule has 2 aliphatic rings. The number of aliphatic hydroxyl groups excluding tert-OH is 1. The van der Waals surface area contributed by atoms with E-state index >= 15 is 0 Å². The monoisotopic (exact) mass is 297 g/mol. The average molecular weight is 297 g/mol. The number of thiophene rings is 1. The number of carbonyl (C=O) groups is 1. The van der Waals surface area contributed by atoms with Crippen molar-refractivity contribution in [3.63, 3.8) is 0 Å². The van der Waals surface area contributed by atoms with Crippen LogP contribution >= 0.6 is 23.1 Å². The molecule has 3 nitrogen and oxygen atoms in total. The number of thioether (sulfide) groups is 1. The summed E-state index contributed by atoms with van der Waals surface area (Å²) in [6.45, 7) is 4.00. The van der Waals surface area contributed by atoms with E-state index in [4.69, 9.17) is 0 Å². The van der Waals surface area contributed by atoms with E-state index in [1.54, 1.807) is 11.3 Å². The minimum atomic E-state index is -0.300. The maximum Gasteiger partial charge on any atom is 0.261 e. The van der Waals surface area contributed by atoms with Crippen molar-refractivity contribution < 1.29 is 9.90 Å². The van der Waals surface area contributed by atoms with E-state index in [0.29, 0.717) is 6.42 Å². The van der Waals surface area contributed by atoms with Crippen LogP contribution in [0.15, 0.2) is 6.07 Å². The topological polar surface area (TPSA) is 49.3 Å². The predicted molar refractivity (Wildman–Crippen MR) is 79.8 cm³/mol. The Labute approximate surface area is 121 Å². The summed E-state index contributed by atoms with van der Waals surface area (Å²) in [6.07, 6.45) is 1.45. The summed E-state index contributed by atoms with van der Waals surface area (Å²) in [7, 11) is 0. The van der Waals surface area contributed by atoms with Crippen LogP contribution in [0.25, 0.3) is 0 Å². The van der Waals surface area contributed by atoms with E-state index in [-0.39, 0.29) is 23.5 Å². The van der Waals surface area contributed by atoms with Crippen LogP contribution in [0.2, 0.25) is 0 Å². The van der Waals surface area contributed by atoms with E-state index in [1.807, 2.05) is 31.7 Å². The summed E-state index contributed by atoms with van der Waals surface area (Å²) in [4.78, 5) is 14.5. The number of aliphatic hydroxyl groups is 1. The van der Waals surface area contributed by atoms with Crippen LogP contribution in [0.4, 0.5) is 0 Å². The fourth-order valence-corrected chi connectivity index (χ4v) is 4.91. The number of hydrogen-bond acceptors (Lipinski definition) is 4. The zero-order chi connectivity index (χ0) is 13.6. The molecule has 3 rings (SSSR count). The largest absolute Gasteiger partial charge is 0.392 e. The van der Waals surface area contributed by atoms with Gasteiger partial charge in [-0.05, 0) is 30.2 Å². The maximum absolute atomic E-state index is 12.3. The number of rotatable bonds is 2. The summed E-state index contributed by atoms with van der Waals surface area (Å²) in [6, 6.07) is 2.13. The Bertz CT molecular complexity index is 486. The molecule has 0 saturated heterocycles. The molecule has 19 heavy (non-hydrogen) atoms. The van der Waals surface area contributed by atoms with Gasteiger partial charge in [-0.2, -0.15) is 11.8 Å². The summed E-state index contributed by atoms with van der Waals surface area (Å²) in [5.74, 6) is 2.22. The number of amides is 1. The molecule has 1 amide bonds. The minimum absolute atomic E-state index is 0.0226. The van der Waals surface area contributed by atoms with E-state index in [0.717, 1.165) is 22.8 Å². The molecular formula is C14H19NO2S2. The van der Waals surface area contributed by atoms with E-state index in [1.165, 1.54) is 10.4 Å². The zero-order valence-corrected chi connectivity index (χ0v) is 12.9. The highest BCUT2D eigenvalue weighted by molar-refractivity contribution is 7.98. The van der Waals surface area contributed by atoms with Gasteiger partial charge in [0.25, 0.3) is 5.91 Å². The molecule has 2 atom stereocenters. The summed E-state index contributed by atoms with van der Waals surface area (Å²) in [5, 5.41) is 12.8. The Kier molecular flexibility index (Phi) is 3.39. The molecule has 0 aromatic carbocycles. The number of carbonyl (C=O) groups excluding carboxylic acids is 1. The molecule has 2 N–H and O–H groups in total. The number of hydrogen-bond donors (Lipinski definition) is 2. The van der Waals surface area contributed by atoms with Crippen LogP contribution in [0.3, 0.4) is 0 Å². The Hall–Kier alpha value is -0.520. The Morgan fingerprint density at radius 1 is 1.53 bits per heavy atom. The van der Waals surface area contributed by atoms with Gasteiger partial charge in [-0.1, -0.05) is 13.8 Å². The third kappa shape index (κ3) is 2.32. The Balaban J connectivity index is 1.69. The fourth-order valence-electron chi connectivity index (χ4n) is 2.64. The van der Waals surface area contributed by atoms with Crippen molar-refractivity contribution in [2.24, 2.45) is 5.41 Å². The molecule has 1 aliphatic carbocycles. The molecule has 1 aliphatic heterocycles. The second-order valence-corrected chi connectivity index (χ2v) is 8.20. The fraction of sp³-hybridized carbons (Fsp3) is 0.643. The average Bonchev–Trinajstić information content (AvgIpc) is 2.82. The van der Waals surface area contributed by atoms with E-state index in [9.17, 15) is 9.90 Å². The van der Waals surface area contributed by atoms with Crippen LogP contribution < -0.4 is 5.32 Å². The molecule has 2 heterocycles. The summed E-state index contributed by atoms with van der Waals surface area (Å²) >= 11 is 3.57. The SMILES string of the molecule is CC1(C)C(O)CC1NC(=O)c1cc2c(s1)CCSC2. The van der Waals surface area contributed by atoms with Gasteiger partial charge in [-0.15, -0.1) is 11.3 Å². The van der Waals surface area contributed by atoms with Gasteiger partial charge in [0.05, 0.1) is 11.0 Å².